The van der Waals surface area contributed by atoms with Gasteiger partial charge >= 0.3 is 0 Å². The van der Waals surface area contributed by atoms with E-state index in [0.717, 1.165) is 18.3 Å². The Morgan fingerprint density at radius 3 is 2.83 bits per heavy atom. The first-order chi connectivity index (χ1) is 8.72. The van der Waals surface area contributed by atoms with Crippen molar-refractivity contribution in [2.75, 3.05) is 36.8 Å². The van der Waals surface area contributed by atoms with Gasteiger partial charge in [0, 0.05) is 37.1 Å². The highest BCUT2D eigenvalue weighted by molar-refractivity contribution is 5.58. The van der Waals surface area contributed by atoms with Crippen molar-refractivity contribution < 1.29 is 0 Å². The van der Waals surface area contributed by atoms with Crippen LogP contribution in [0.5, 0.6) is 0 Å². The van der Waals surface area contributed by atoms with Gasteiger partial charge < -0.3 is 10.6 Å². The van der Waals surface area contributed by atoms with Crippen LogP contribution in [0, 0.1) is 6.92 Å². The van der Waals surface area contributed by atoms with Crippen molar-refractivity contribution in [3.8, 4) is 0 Å². The highest BCUT2D eigenvalue weighted by atomic mass is 15.3. The number of piperidine rings is 1. The predicted molar refractivity (Wildman–Crippen MR) is 77.0 cm³/mol. The van der Waals surface area contributed by atoms with E-state index in [4.69, 9.17) is 5.73 Å². The molecule has 0 amide bonds. The quantitative estimate of drug-likeness (QED) is 0.770. The van der Waals surface area contributed by atoms with Crippen LogP contribution in [0.4, 0.5) is 11.4 Å². The molecule has 0 bridgehead atoms. The Morgan fingerprint density at radius 2 is 2.00 bits per heavy atom. The lowest BCUT2D eigenvalue weighted by molar-refractivity contribution is 0.133. The summed E-state index contributed by atoms with van der Waals surface area (Å²) in [7, 11) is 0. The summed E-state index contributed by atoms with van der Waals surface area (Å²) in [5, 5.41) is 0. The summed E-state index contributed by atoms with van der Waals surface area (Å²) in [4.78, 5) is 5.18. The molecule has 2 heterocycles. The van der Waals surface area contributed by atoms with E-state index < -0.39 is 0 Å². The van der Waals surface area contributed by atoms with Crippen molar-refractivity contribution in [2.24, 2.45) is 0 Å². The number of fused-ring (bicyclic) bond motifs is 1. The first-order valence-electron chi connectivity index (χ1n) is 7.08. The minimum Gasteiger partial charge on any atom is -0.399 e. The van der Waals surface area contributed by atoms with E-state index in [-0.39, 0.29) is 0 Å². The van der Waals surface area contributed by atoms with Crippen LogP contribution in [0.15, 0.2) is 18.2 Å². The van der Waals surface area contributed by atoms with Crippen molar-refractivity contribution in [2.45, 2.75) is 32.2 Å². The fourth-order valence-electron chi connectivity index (χ4n) is 3.36. The molecule has 3 heteroatoms. The molecule has 98 valence electrons. The molecule has 0 spiro atoms. The normalized spacial score (nSPS) is 24.9. The van der Waals surface area contributed by atoms with Crippen LogP contribution < -0.4 is 10.6 Å². The second-order valence-corrected chi connectivity index (χ2v) is 5.73. The van der Waals surface area contributed by atoms with Gasteiger partial charge in [-0.05, 0) is 50.1 Å². The van der Waals surface area contributed by atoms with Gasteiger partial charge in [-0.3, -0.25) is 4.90 Å². The third kappa shape index (κ3) is 2.32. The fraction of sp³-hybridized carbons (Fsp3) is 0.600. The number of piperazine rings is 1. The number of nitrogens with zero attached hydrogens (tertiary/aromatic N) is 2. The van der Waals surface area contributed by atoms with E-state index in [1.165, 1.54) is 50.1 Å². The zero-order valence-electron chi connectivity index (χ0n) is 11.2. The summed E-state index contributed by atoms with van der Waals surface area (Å²) in [5.41, 5.74) is 9.41. The average Bonchev–Trinajstić information content (AvgIpc) is 2.37. The predicted octanol–water partition coefficient (Wildman–Crippen LogP) is 2.25. The summed E-state index contributed by atoms with van der Waals surface area (Å²) < 4.78 is 0. The SMILES string of the molecule is Cc1cc(N)cc(N2CCN3CCCCC3C2)c1. The molecule has 3 rings (SSSR count). The van der Waals surface area contributed by atoms with Crippen LogP contribution in [0.3, 0.4) is 0 Å². The molecule has 2 aliphatic rings. The highest BCUT2D eigenvalue weighted by Crippen LogP contribution is 2.26. The average molecular weight is 245 g/mol. The van der Waals surface area contributed by atoms with Crippen molar-refractivity contribution in [1.82, 2.24) is 4.90 Å². The molecule has 0 aliphatic carbocycles. The minimum atomic E-state index is 0.759. The van der Waals surface area contributed by atoms with Crippen molar-refractivity contribution in [3.05, 3.63) is 23.8 Å². The first kappa shape index (κ1) is 11.8. The Balaban J connectivity index is 1.76. The molecule has 0 aromatic heterocycles. The minimum absolute atomic E-state index is 0.759. The monoisotopic (exact) mass is 245 g/mol. The van der Waals surface area contributed by atoms with E-state index in [2.05, 4.69) is 28.9 Å². The van der Waals surface area contributed by atoms with Gasteiger partial charge in [0.15, 0.2) is 0 Å². The third-order valence-corrected chi connectivity index (χ3v) is 4.29. The number of hydrogen-bond donors (Lipinski definition) is 1. The Kier molecular flexibility index (Phi) is 3.16. The van der Waals surface area contributed by atoms with E-state index in [1.807, 2.05) is 6.07 Å². The van der Waals surface area contributed by atoms with Crippen LogP contribution in [0.1, 0.15) is 24.8 Å². The number of aryl methyl sites for hydroxylation is 1. The number of rotatable bonds is 1. The van der Waals surface area contributed by atoms with Crippen LogP contribution in [0.2, 0.25) is 0 Å². The molecule has 1 atom stereocenters. The van der Waals surface area contributed by atoms with E-state index in [0.29, 0.717) is 0 Å². The van der Waals surface area contributed by atoms with E-state index in [9.17, 15) is 0 Å². The Morgan fingerprint density at radius 1 is 1.11 bits per heavy atom. The van der Waals surface area contributed by atoms with Gasteiger partial charge in [-0.1, -0.05) is 6.42 Å². The molecule has 3 nitrogen and oxygen atoms in total. The van der Waals surface area contributed by atoms with Crippen LogP contribution in [-0.4, -0.2) is 37.1 Å². The van der Waals surface area contributed by atoms with Crippen LogP contribution in [0.25, 0.3) is 0 Å². The highest BCUT2D eigenvalue weighted by Gasteiger charge is 2.28. The number of hydrogen-bond acceptors (Lipinski definition) is 3. The second-order valence-electron chi connectivity index (χ2n) is 5.73. The van der Waals surface area contributed by atoms with Crippen LogP contribution >= 0.6 is 0 Å². The van der Waals surface area contributed by atoms with E-state index in [1.54, 1.807) is 0 Å². The number of nitrogens with two attached hydrogens (primary N) is 1. The number of anilines is 2. The first-order valence-corrected chi connectivity index (χ1v) is 7.08. The van der Waals surface area contributed by atoms with Crippen molar-refractivity contribution >= 4 is 11.4 Å². The third-order valence-electron chi connectivity index (χ3n) is 4.29. The second kappa shape index (κ2) is 4.81. The molecule has 1 aromatic rings. The summed E-state index contributed by atoms with van der Waals surface area (Å²) in [6.45, 7) is 6.94. The molecule has 1 aromatic carbocycles. The Bertz CT molecular complexity index is 409. The molecule has 18 heavy (non-hydrogen) atoms. The zero-order chi connectivity index (χ0) is 12.5. The van der Waals surface area contributed by atoms with Gasteiger partial charge in [-0.15, -0.1) is 0 Å². The maximum Gasteiger partial charge on any atom is 0.0390 e. The Labute approximate surface area is 110 Å². The van der Waals surface area contributed by atoms with Crippen LogP contribution in [-0.2, 0) is 0 Å². The number of benzene rings is 1. The molecule has 2 aliphatic heterocycles. The standard InChI is InChI=1S/C15H23N3/c1-12-8-13(16)10-15(9-12)18-7-6-17-5-3-2-4-14(17)11-18/h8-10,14H,2-7,11,16H2,1H3. The van der Waals surface area contributed by atoms with Crippen molar-refractivity contribution in [3.63, 3.8) is 0 Å². The molecular formula is C15H23N3. The van der Waals surface area contributed by atoms with Gasteiger partial charge in [-0.2, -0.15) is 0 Å². The molecule has 0 saturated carbocycles. The largest absolute Gasteiger partial charge is 0.399 e. The summed E-state index contributed by atoms with van der Waals surface area (Å²) in [5.74, 6) is 0. The summed E-state index contributed by atoms with van der Waals surface area (Å²) >= 11 is 0. The molecule has 2 fully saturated rings. The van der Waals surface area contributed by atoms with Gasteiger partial charge in [0.05, 0.1) is 0 Å². The van der Waals surface area contributed by atoms with Gasteiger partial charge in [0.1, 0.15) is 0 Å². The number of nitrogen functional groups attached to an aromatic ring is 1. The molecular weight excluding hydrogens is 222 g/mol. The lowest BCUT2D eigenvalue weighted by atomic mass is 9.99. The van der Waals surface area contributed by atoms with Gasteiger partial charge in [0.25, 0.3) is 0 Å². The van der Waals surface area contributed by atoms with Gasteiger partial charge in [-0.25, -0.2) is 0 Å². The smallest absolute Gasteiger partial charge is 0.0390 e. The summed E-state index contributed by atoms with van der Waals surface area (Å²) in [6.07, 6.45) is 4.14. The van der Waals surface area contributed by atoms with Crippen molar-refractivity contribution in [1.29, 1.82) is 0 Å². The molecule has 2 saturated heterocycles. The Hall–Kier alpha value is -1.22. The maximum absolute atomic E-state index is 5.96. The lowest BCUT2D eigenvalue weighted by Gasteiger charge is -2.45. The topological polar surface area (TPSA) is 32.5 Å². The summed E-state index contributed by atoms with van der Waals surface area (Å²) in [6, 6.07) is 7.18. The molecule has 0 radical (unpaired) electrons. The molecule has 2 N–H and O–H groups in total. The maximum atomic E-state index is 5.96. The zero-order valence-corrected chi connectivity index (χ0v) is 11.2. The lowest BCUT2D eigenvalue weighted by Crippen LogP contribution is -2.54. The van der Waals surface area contributed by atoms with Gasteiger partial charge in [0.2, 0.25) is 0 Å². The fourth-order valence-corrected chi connectivity index (χ4v) is 3.36. The van der Waals surface area contributed by atoms with E-state index >= 15 is 0 Å². The molecule has 1 unspecified atom stereocenters.